The highest BCUT2D eigenvalue weighted by atomic mass is 79.9. The number of benzene rings is 3. The maximum atomic E-state index is 10.5. The average Bonchev–Trinajstić information content (AvgIpc) is 2.55. The summed E-state index contributed by atoms with van der Waals surface area (Å²) in [6.45, 7) is 0.849. The first kappa shape index (κ1) is 16.2. The van der Waals surface area contributed by atoms with E-state index in [1.54, 1.807) is 18.2 Å². The maximum absolute atomic E-state index is 10.5. The highest BCUT2D eigenvalue weighted by molar-refractivity contribution is 9.10. The molecular weight excluding hydrogens is 342 g/mol. The van der Waals surface area contributed by atoms with Crippen molar-refractivity contribution in [1.29, 1.82) is 0 Å². The van der Waals surface area contributed by atoms with Crippen molar-refractivity contribution in [1.82, 2.24) is 0 Å². The molecule has 0 aliphatic rings. The van der Waals surface area contributed by atoms with Crippen LogP contribution in [0.2, 0.25) is 0 Å². The SMILES string of the molecule is O=C([O-])c1ccc2ccccc2c1.[NH3+]Cc1ccccc1Br. The third kappa shape index (κ3) is 4.16. The molecule has 4 heteroatoms. The summed E-state index contributed by atoms with van der Waals surface area (Å²) in [5.41, 5.74) is 5.27. The number of rotatable bonds is 2. The molecule has 3 rings (SSSR count). The van der Waals surface area contributed by atoms with Gasteiger partial charge in [0.25, 0.3) is 0 Å². The first-order chi connectivity index (χ1) is 10.6. The van der Waals surface area contributed by atoms with Crippen molar-refractivity contribution in [3.05, 3.63) is 82.3 Å². The Hall–Kier alpha value is -2.17. The highest BCUT2D eigenvalue weighted by Crippen LogP contribution is 2.15. The zero-order valence-corrected chi connectivity index (χ0v) is 13.5. The van der Waals surface area contributed by atoms with Crippen molar-refractivity contribution in [2.24, 2.45) is 0 Å². The highest BCUT2D eigenvalue weighted by Gasteiger charge is 1.95. The molecule has 0 unspecified atom stereocenters. The molecule has 0 fully saturated rings. The van der Waals surface area contributed by atoms with Crippen LogP contribution in [-0.2, 0) is 6.54 Å². The molecule has 112 valence electrons. The minimum absolute atomic E-state index is 0.221. The van der Waals surface area contributed by atoms with Gasteiger partial charge in [0.15, 0.2) is 0 Å². The van der Waals surface area contributed by atoms with E-state index in [-0.39, 0.29) is 5.56 Å². The Kier molecular flexibility index (Phi) is 5.69. The van der Waals surface area contributed by atoms with E-state index in [2.05, 4.69) is 27.7 Å². The Morgan fingerprint density at radius 1 is 0.955 bits per heavy atom. The molecule has 0 aliphatic heterocycles. The third-order valence-electron chi connectivity index (χ3n) is 3.21. The Labute approximate surface area is 137 Å². The van der Waals surface area contributed by atoms with E-state index < -0.39 is 5.97 Å². The summed E-state index contributed by atoms with van der Waals surface area (Å²) < 4.78 is 1.15. The second kappa shape index (κ2) is 7.73. The maximum Gasteiger partial charge on any atom is 0.101 e. The van der Waals surface area contributed by atoms with Crippen LogP contribution < -0.4 is 10.8 Å². The van der Waals surface area contributed by atoms with Crippen molar-refractivity contribution in [2.45, 2.75) is 6.54 Å². The van der Waals surface area contributed by atoms with Gasteiger partial charge in [-0.05, 0) is 28.5 Å². The first-order valence-corrected chi connectivity index (χ1v) is 7.64. The van der Waals surface area contributed by atoms with Crippen LogP contribution in [0.4, 0.5) is 0 Å². The van der Waals surface area contributed by atoms with E-state index >= 15 is 0 Å². The standard InChI is InChI=1S/C11H8O2.C7H8BrN/c12-11(13)10-6-5-8-3-1-2-4-9(8)7-10;8-7-4-2-1-3-6(7)5-9/h1-7H,(H,12,13);1-4H,5,9H2. The molecule has 3 N–H and O–H groups in total. The van der Waals surface area contributed by atoms with Crippen molar-refractivity contribution in [3.8, 4) is 0 Å². The van der Waals surface area contributed by atoms with E-state index in [1.807, 2.05) is 42.5 Å². The van der Waals surface area contributed by atoms with Gasteiger partial charge >= 0.3 is 0 Å². The largest absolute Gasteiger partial charge is 0.545 e. The molecular formula is C18H16BrNO2. The van der Waals surface area contributed by atoms with Crippen LogP contribution in [0.5, 0.6) is 0 Å². The van der Waals surface area contributed by atoms with Gasteiger partial charge in [-0.2, -0.15) is 0 Å². The lowest BCUT2D eigenvalue weighted by Crippen LogP contribution is -2.47. The van der Waals surface area contributed by atoms with Crippen LogP contribution in [-0.4, -0.2) is 5.97 Å². The van der Waals surface area contributed by atoms with Crippen LogP contribution in [0.1, 0.15) is 15.9 Å². The minimum atomic E-state index is -1.13. The second-order valence-corrected chi connectivity index (χ2v) is 5.55. The number of aromatic carboxylic acids is 1. The van der Waals surface area contributed by atoms with Crippen LogP contribution in [0.3, 0.4) is 0 Å². The van der Waals surface area contributed by atoms with Gasteiger partial charge in [0.05, 0.1) is 5.97 Å². The number of carbonyl (C=O) groups is 1. The van der Waals surface area contributed by atoms with Crippen molar-refractivity contribution in [3.63, 3.8) is 0 Å². The fraction of sp³-hybridized carbons (Fsp3) is 0.0556. The van der Waals surface area contributed by atoms with Gasteiger partial charge in [-0.3, -0.25) is 0 Å². The molecule has 0 radical (unpaired) electrons. The number of carboxylic acid groups (broad SMARTS) is 1. The van der Waals surface area contributed by atoms with Crippen molar-refractivity contribution < 1.29 is 15.6 Å². The fourth-order valence-corrected chi connectivity index (χ4v) is 2.50. The zero-order chi connectivity index (χ0) is 15.9. The predicted molar refractivity (Wildman–Crippen MR) is 89.0 cm³/mol. The van der Waals surface area contributed by atoms with E-state index in [0.717, 1.165) is 21.8 Å². The number of hydrogen-bond donors (Lipinski definition) is 1. The molecule has 3 aromatic carbocycles. The normalized spacial score (nSPS) is 9.91. The first-order valence-electron chi connectivity index (χ1n) is 6.84. The van der Waals surface area contributed by atoms with E-state index in [1.165, 1.54) is 5.56 Å². The molecule has 0 spiro atoms. The van der Waals surface area contributed by atoms with Crippen LogP contribution in [0.25, 0.3) is 10.8 Å². The molecule has 0 bridgehead atoms. The molecule has 3 nitrogen and oxygen atoms in total. The number of fused-ring (bicyclic) bond motifs is 1. The molecule has 0 saturated carbocycles. The summed E-state index contributed by atoms with van der Waals surface area (Å²) in [4.78, 5) is 10.5. The Morgan fingerprint density at radius 3 is 2.18 bits per heavy atom. The van der Waals surface area contributed by atoms with Crippen LogP contribution >= 0.6 is 15.9 Å². The number of carbonyl (C=O) groups excluding carboxylic acids is 1. The molecule has 0 aromatic heterocycles. The van der Waals surface area contributed by atoms with Gasteiger partial charge < -0.3 is 15.6 Å². The fourth-order valence-electron chi connectivity index (χ4n) is 2.02. The number of quaternary nitrogens is 1. The quantitative estimate of drug-likeness (QED) is 0.764. The molecule has 3 aromatic rings. The number of halogens is 1. The molecule has 0 saturated heterocycles. The Bertz CT molecular complexity index is 787. The Balaban J connectivity index is 0.000000172. The summed E-state index contributed by atoms with van der Waals surface area (Å²) in [6, 6.07) is 20.7. The molecule has 22 heavy (non-hydrogen) atoms. The smallest absolute Gasteiger partial charge is 0.101 e. The van der Waals surface area contributed by atoms with E-state index in [4.69, 9.17) is 0 Å². The van der Waals surface area contributed by atoms with Crippen LogP contribution in [0.15, 0.2) is 71.2 Å². The van der Waals surface area contributed by atoms with Gasteiger partial charge in [0.1, 0.15) is 6.54 Å². The summed E-state index contributed by atoms with van der Waals surface area (Å²) >= 11 is 3.42. The van der Waals surface area contributed by atoms with Gasteiger partial charge in [0, 0.05) is 10.0 Å². The molecule has 0 atom stereocenters. The second-order valence-electron chi connectivity index (χ2n) is 4.69. The predicted octanol–water partition coefficient (Wildman–Crippen LogP) is 2.39. The topological polar surface area (TPSA) is 67.8 Å². The van der Waals surface area contributed by atoms with Crippen molar-refractivity contribution in [2.75, 3.05) is 0 Å². The lowest BCUT2D eigenvalue weighted by atomic mass is 10.1. The van der Waals surface area contributed by atoms with Gasteiger partial charge in [-0.25, -0.2) is 0 Å². The monoisotopic (exact) mass is 357 g/mol. The molecule has 0 aliphatic carbocycles. The molecule has 0 heterocycles. The van der Waals surface area contributed by atoms with E-state index in [9.17, 15) is 9.90 Å². The number of hydrogen-bond acceptors (Lipinski definition) is 2. The van der Waals surface area contributed by atoms with Gasteiger partial charge in [0.2, 0.25) is 0 Å². The summed E-state index contributed by atoms with van der Waals surface area (Å²) in [5, 5.41) is 12.5. The summed E-state index contributed by atoms with van der Waals surface area (Å²) in [7, 11) is 0. The number of carboxylic acids is 1. The Morgan fingerprint density at radius 2 is 1.59 bits per heavy atom. The summed E-state index contributed by atoms with van der Waals surface area (Å²) in [5.74, 6) is -1.13. The van der Waals surface area contributed by atoms with Crippen LogP contribution in [0, 0.1) is 0 Å². The summed E-state index contributed by atoms with van der Waals surface area (Å²) in [6.07, 6.45) is 0. The van der Waals surface area contributed by atoms with E-state index in [0.29, 0.717) is 0 Å². The minimum Gasteiger partial charge on any atom is -0.545 e. The third-order valence-corrected chi connectivity index (χ3v) is 3.99. The zero-order valence-electron chi connectivity index (χ0n) is 12.0. The van der Waals surface area contributed by atoms with Gasteiger partial charge in [-0.15, -0.1) is 0 Å². The van der Waals surface area contributed by atoms with Crippen molar-refractivity contribution >= 4 is 32.7 Å². The average molecular weight is 358 g/mol. The lowest BCUT2D eigenvalue weighted by molar-refractivity contribution is -0.386. The lowest BCUT2D eigenvalue weighted by Gasteiger charge is -2.03. The van der Waals surface area contributed by atoms with Gasteiger partial charge in [-0.1, -0.05) is 70.5 Å². The molecule has 0 amide bonds.